The topological polar surface area (TPSA) is 38.9 Å². The summed E-state index contributed by atoms with van der Waals surface area (Å²) in [6.45, 7) is 4.66. The van der Waals surface area contributed by atoms with Crippen LogP contribution in [0.5, 0.6) is 0 Å². The Labute approximate surface area is 91.9 Å². The first kappa shape index (κ1) is 10.6. The van der Waals surface area contributed by atoms with E-state index < -0.39 is 0 Å². The number of rotatable bonds is 1. The van der Waals surface area contributed by atoms with Gasteiger partial charge in [0.15, 0.2) is 0 Å². The summed E-state index contributed by atoms with van der Waals surface area (Å²) >= 11 is 0. The molecular weight excluding hydrogens is 184 g/mol. The lowest BCUT2D eigenvalue weighted by Crippen LogP contribution is -2.42. The Morgan fingerprint density at radius 1 is 1.20 bits per heavy atom. The highest BCUT2D eigenvalue weighted by Crippen LogP contribution is 2.43. The molecule has 1 fully saturated rings. The van der Waals surface area contributed by atoms with E-state index in [0.717, 1.165) is 12.8 Å². The summed E-state index contributed by atoms with van der Waals surface area (Å²) in [4.78, 5) is 4.16. The number of pyridine rings is 1. The van der Waals surface area contributed by atoms with Gasteiger partial charge in [0.1, 0.15) is 0 Å². The standard InChI is InChI=1S/C13H20N2/c1-12(2)5-7-13(14,8-6-12)11-4-3-9-15-10-11/h3-4,9-10H,5-8,14H2,1-2H3. The zero-order chi connectivity index (χ0) is 10.9. The first-order chi connectivity index (χ1) is 7.02. The van der Waals surface area contributed by atoms with Crippen LogP contribution in [-0.4, -0.2) is 4.98 Å². The van der Waals surface area contributed by atoms with Crippen LogP contribution in [0.25, 0.3) is 0 Å². The van der Waals surface area contributed by atoms with Crippen molar-refractivity contribution in [1.82, 2.24) is 4.98 Å². The van der Waals surface area contributed by atoms with Crippen LogP contribution in [0.2, 0.25) is 0 Å². The van der Waals surface area contributed by atoms with Gasteiger partial charge in [-0.05, 0) is 42.7 Å². The van der Waals surface area contributed by atoms with E-state index in [4.69, 9.17) is 5.73 Å². The molecule has 0 bridgehead atoms. The smallest absolute Gasteiger partial charge is 0.0425 e. The summed E-state index contributed by atoms with van der Waals surface area (Å²) in [5.74, 6) is 0. The lowest BCUT2D eigenvalue weighted by atomic mass is 9.68. The second-order valence-electron chi connectivity index (χ2n) is 5.56. The molecule has 1 heterocycles. The Morgan fingerprint density at radius 3 is 2.40 bits per heavy atom. The summed E-state index contributed by atoms with van der Waals surface area (Å²) < 4.78 is 0. The van der Waals surface area contributed by atoms with Crippen molar-refractivity contribution in [1.29, 1.82) is 0 Å². The number of aromatic nitrogens is 1. The maximum absolute atomic E-state index is 6.46. The third kappa shape index (κ3) is 2.20. The fraction of sp³-hybridized carbons (Fsp3) is 0.615. The Balaban J connectivity index is 2.17. The fourth-order valence-corrected chi connectivity index (χ4v) is 2.32. The molecule has 1 aromatic rings. The van der Waals surface area contributed by atoms with E-state index in [2.05, 4.69) is 24.9 Å². The van der Waals surface area contributed by atoms with Crippen molar-refractivity contribution in [3.05, 3.63) is 30.1 Å². The van der Waals surface area contributed by atoms with Crippen LogP contribution < -0.4 is 5.73 Å². The molecule has 1 saturated carbocycles. The van der Waals surface area contributed by atoms with Gasteiger partial charge in [-0.2, -0.15) is 0 Å². The highest BCUT2D eigenvalue weighted by atomic mass is 14.8. The third-order valence-electron chi connectivity index (χ3n) is 3.73. The fourth-order valence-electron chi connectivity index (χ4n) is 2.32. The van der Waals surface area contributed by atoms with Gasteiger partial charge in [-0.3, -0.25) is 4.98 Å². The molecule has 2 nitrogen and oxygen atoms in total. The summed E-state index contributed by atoms with van der Waals surface area (Å²) in [7, 11) is 0. The predicted octanol–water partition coefficient (Wildman–Crippen LogP) is 2.84. The van der Waals surface area contributed by atoms with Crippen LogP contribution in [0.3, 0.4) is 0 Å². The van der Waals surface area contributed by atoms with Gasteiger partial charge in [0, 0.05) is 17.9 Å². The van der Waals surface area contributed by atoms with Gasteiger partial charge in [0.25, 0.3) is 0 Å². The van der Waals surface area contributed by atoms with Crippen molar-refractivity contribution in [3.63, 3.8) is 0 Å². The SMILES string of the molecule is CC1(C)CCC(N)(c2cccnc2)CC1. The molecule has 2 heteroatoms. The number of nitrogens with zero attached hydrogens (tertiary/aromatic N) is 1. The zero-order valence-electron chi connectivity index (χ0n) is 9.66. The van der Waals surface area contributed by atoms with Crippen molar-refractivity contribution in [2.75, 3.05) is 0 Å². The maximum atomic E-state index is 6.46. The minimum Gasteiger partial charge on any atom is -0.321 e. The second-order valence-corrected chi connectivity index (χ2v) is 5.56. The van der Waals surface area contributed by atoms with Crippen molar-refractivity contribution in [2.24, 2.45) is 11.1 Å². The molecule has 0 radical (unpaired) electrons. The highest BCUT2D eigenvalue weighted by Gasteiger charge is 2.36. The molecule has 2 N–H and O–H groups in total. The summed E-state index contributed by atoms with van der Waals surface area (Å²) in [6, 6.07) is 4.08. The van der Waals surface area contributed by atoms with Gasteiger partial charge < -0.3 is 5.73 Å². The number of hydrogen-bond donors (Lipinski definition) is 1. The van der Waals surface area contributed by atoms with Crippen molar-refractivity contribution in [2.45, 2.75) is 45.1 Å². The van der Waals surface area contributed by atoms with E-state index in [0.29, 0.717) is 5.41 Å². The molecule has 1 aliphatic rings. The molecule has 15 heavy (non-hydrogen) atoms. The second kappa shape index (κ2) is 3.60. The highest BCUT2D eigenvalue weighted by molar-refractivity contribution is 5.21. The monoisotopic (exact) mass is 204 g/mol. The average Bonchev–Trinajstić information content (AvgIpc) is 2.24. The first-order valence-corrected chi connectivity index (χ1v) is 5.71. The summed E-state index contributed by atoms with van der Waals surface area (Å²) in [5, 5.41) is 0. The van der Waals surface area contributed by atoms with Crippen molar-refractivity contribution in [3.8, 4) is 0 Å². The molecule has 82 valence electrons. The van der Waals surface area contributed by atoms with Gasteiger partial charge in [-0.15, -0.1) is 0 Å². The maximum Gasteiger partial charge on any atom is 0.0425 e. The molecule has 0 atom stereocenters. The summed E-state index contributed by atoms with van der Waals surface area (Å²) in [6.07, 6.45) is 8.28. The van der Waals surface area contributed by atoms with E-state index in [9.17, 15) is 0 Å². The normalized spacial score (nSPS) is 23.7. The van der Waals surface area contributed by atoms with Gasteiger partial charge in [-0.1, -0.05) is 19.9 Å². The van der Waals surface area contributed by atoms with Crippen molar-refractivity contribution < 1.29 is 0 Å². The van der Waals surface area contributed by atoms with Crippen LogP contribution in [0.15, 0.2) is 24.5 Å². The van der Waals surface area contributed by atoms with Gasteiger partial charge >= 0.3 is 0 Å². The first-order valence-electron chi connectivity index (χ1n) is 5.71. The quantitative estimate of drug-likeness (QED) is 0.764. The minimum absolute atomic E-state index is 0.135. The number of hydrogen-bond acceptors (Lipinski definition) is 2. The minimum atomic E-state index is -0.135. The Bertz CT molecular complexity index is 320. The average molecular weight is 204 g/mol. The van der Waals surface area contributed by atoms with Gasteiger partial charge in [0.05, 0.1) is 0 Å². The number of nitrogens with two attached hydrogens (primary N) is 1. The molecule has 1 aromatic heterocycles. The van der Waals surface area contributed by atoms with E-state index in [1.807, 2.05) is 12.3 Å². The van der Waals surface area contributed by atoms with E-state index >= 15 is 0 Å². The van der Waals surface area contributed by atoms with Crippen molar-refractivity contribution >= 4 is 0 Å². The van der Waals surface area contributed by atoms with Crippen LogP contribution in [0, 0.1) is 5.41 Å². The lowest BCUT2D eigenvalue weighted by Gasteiger charge is -2.41. The van der Waals surface area contributed by atoms with Gasteiger partial charge in [-0.25, -0.2) is 0 Å². The Morgan fingerprint density at radius 2 is 1.87 bits per heavy atom. The van der Waals surface area contributed by atoms with E-state index in [-0.39, 0.29) is 5.54 Å². The lowest BCUT2D eigenvalue weighted by molar-refractivity contribution is 0.165. The molecule has 0 aliphatic heterocycles. The van der Waals surface area contributed by atoms with Gasteiger partial charge in [0.2, 0.25) is 0 Å². The molecule has 0 aromatic carbocycles. The predicted molar refractivity (Wildman–Crippen MR) is 62.4 cm³/mol. The molecular formula is C13H20N2. The third-order valence-corrected chi connectivity index (χ3v) is 3.73. The molecule has 2 rings (SSSR count). The van der Waals surface area contributed by atoms with E-state index in [1.54, 1.807) is 6.20 Å². The van der Waals surface area contributed by atoms with E-state index in [1.165, 1.54) is 18.4 Å². The Hall–Kier alpha value is -0.890. The van der Waals surface area contributed by atoms with Crippen LogP contribution in [0.1, 0.15) is 45.1 Å². The van der Waals surface area contributed by atoms with Crippen LogP contribution >= 0.6 is 0 Å². The molecule has 1 aliphatic carbocycles. The van der Waals surface area contributed by atoms with Crippen LogP contribution in [-0.2, 0) is 5.54 Å². The molecule has 0 unspecified atom stereocenters. The molecule has 0 saturated heterocycles. The van der Waals surface area contributed by atoms with Crippen LogP contribution in [0.4, 0.5) is 0 Å². The summed E-state index contributed by atoms with van der Waals surface area (Å²) in [5.41, 5.74) is 7.98. The largest absolute Gasteiger partial charge is 0.321 e. The zero-order valence-corrected chi connectivity index (χ0v) is 9.66. The Kier molecular flexibility index (Phi) is 2.55. The molecule has 0 amide bonds. The molecule has 0 spiro atoms.